The highest BCUT2D eigenvalue weighted by Gasteiger charge is 2.16. The van der Waals surface area contributed by atoms with Crippen molar-refractivity contribution >= 4 is 53.4 Å². The van der Waals surface area contributed by atoms with Crippen molar-refractivity contribution in [1.82, 2.24) is 15.0 Å². The third kappa shape index (κ3) is 4.09. The van der Waals surface area contributed by atoms with Gasteiger partial charge in [0.05, 0.1) is 8.22 Å². The van der Waals surface area contributed by atoms with Gasteiger partial charge in [0.25, 0.3) is 0 Å². The first-order chi connectivity index (χ1) is 24.3. The number of hydrogen-bond acceptors (Lipinski definition) is 5. The monoisotopic (exact) mass is 587 g/mol. The molecule has 0 fully saturated rings. The lowest BCUT2D eigenvalue weighted by Crippen LogP contribution is -1.99. The number of rotatable bonds is 4. The molecular weight excluding hydrogens is 559 g/mol. The van der Waals surface area contributed by atoms with Crippen molar-refractivity contribution in [2.75, 3.05) is 0 Å². The van der Waals surface area contributed by atoms with E-state index in [4.69, 9.17) is 22.1 Å². The largest absolute Gasteiger partial charge is 0.456 e. The first-order valence-electron chi connectivity index (χ1n) is 17.1. The van der Waals surface area contributed by atoms with Crippen LogP contribution >= 0.6 is 11.3 Å². The van der Waals surface area contributed by atoms with Gasteiger partial charge in [-0.3, -0.25) is 0 Å². The molecule has 3 heterocycles. The first-order valence-corrected chi connectivity index (χ1v) is 14.9. The summed E-state index contributed by atoms with van der Waals surface area (Å²) in [5.74, 6) is 0.809. The number of furan rings is 1. The van der Waals surface area contributed by atoms with Crippen molar-refractivity contribution in [3.8, 4) is 45.3 Å². The highest BCUT2D eigenvalue weighted by molar-refractivity contribution is 7.25. The molecule has 0 spiro atoms. The topological polar surface area (TPSA) is 51.8 Å². The lowest BCUT2D eigenvalue weighted by Gasteiger charge is -2.08. The van der Waals surface area contributed by atoms with Crippen LogP contribution in [0.1, 0.15) is 8.22 Å². The van der Waals surface area contributed by atoms with Gasteiger partial charge in [-0.05, 0) is 41.4 Å². The van der Waals surface area contributed by atoms with Gasteiger partial charge < -0.3 is 4.42 Å². The predicted molar refractivity (Wildman–Crippen MR) is 182 cm³/mol. The molecule has 9 rings (SSSR count). The molecule has 0 aliphatic rings. The van der Waals surface area contributed by atoms with Crippen molar-refractivity contribution in [3.05, 3.63) is 139 Å². The van der Waals surface area contributed by atoms with E-state index in [1.54, 1.807) is 6.07 Å². The Morgan fingerprint density at radius 2 is 1.11 bits per heavy atom. The van der Waals surface area contributed by atoms with Gasteiger partial charge in [-0.15, -0.1) is 11.3 Å². The molecule has 44 heavy (non-hydrogen) atoms. The van der Waals surface area contributed by atoms with E-state index >= 15 is 0 Å². The molecule has 4 nitrogen and oxygen atoms in total. The van der Waals surface area contributed by atoms with Gasteiger partial charge in [0, 0.05) is 47.6 Å². The number of para-hydroxylation sites is 1. The normalized spacial score (nSPS) is 13.5. The summed E-state index contributed by atoms with van der Waals surface area (Å²) in [4.78, 5) is 14.2. The van der Waals surface area contributed by atoms with Crippen LogP contribution in [0.2, 0.25) is 0 Å². The molecule has 5 heteroatoms. The summed E-state index contributed by atoms with van der Waals surface area (Å²) in [7, 11) is 0. The first kappa shape index (κ1) is 19.5. The number of fused-ring (bicyclic) bond motifs is 6. The Bertz CT molecular complexity index is 2780. The van der Waals surface area contributed by atoms with E-state index in [1.165, 1.54) is 0 Å². The molecule has 0 N–H and O–H groups in total. The zero-order valence-corrected chi connectivity index (χ0v) is 23.8. The van der Waals surface area contributed by atoms with Crippen LogP contribution in [-0.4, -0.2) is 15.0 Å². The van der Waals surface area contributed by atoms with Crippen LogP contribution in [0.4, 0.5) is 0 Å². The maximum atomic E-state index is 9.49. The smallest absolute Gasteiger partial charge is 0.164 e. The molecule has 0 radical (unpaired) electrons. The molecule has 0 unspecified atom stereocenters. The Balaban J connectivity index is 1.33. The van der Waals surface area contributed by atoms with Crippen molar-refractivity contribution in [3.63, 3.8) is 0 Å². The molecule has 9 aromatic rings. The zero-order valence-electron chi connectivity index (χ0n) is 29.0. The van der Waals surface area contributed by atoms with Gasteiger partial charge in [-0.1, -0.05) is 109 Å². The third-order valence-electron chi connectivity index (χ3n) is 7.61. The summed E-state index contributed by atoms with van der Waals surface area (Å²) in [6.07, 6.45) is 0. The molecular formula is C39H23N3OS. The van der Waals surface area contributed by atoms with Gasteiger partial charge in [0.1, 0.15) is 11.2 Å². The fourth-order valence-electron chi connectivity index (χ4n) is 5.54. The number of thiophene rings is 1. The fourth-order valence-corrected chi connectivity index (χ4v) is 6.51. The second-order valence-electron chi connectivity index (χ2n) is 10.3. The van der Waals surface area contributed by atoms with Crippen LogP contribution in [0.15, 0.2) is 144 Å². The number of nitrogens with zero attached hydrogens (tertiary/aromatic N) is 3. The SMILES string of the molecule is [2H]c1c(-c2cccc3oc4ccccc4c23)c([2H])c2c(sc3c([2H])c(-c4nc(-c5ccccc5)nc(-c5ccccc5)n4)c([2H])c([2H])c32)c1[2H]. The van der Waals surface area contributed by atoms with Crippen molar-refractivity contribution < 1.29 is 12.6 Å². The average molecular weight is 588 g/mol. The van der Waals surface area contributed by atoms with E-state index in [0.29, 0.717) is 37.8 Å². The summed E-state index contributed by atoms with van der Waals surface area (Å²) < 4.78 is 62.3. The van der Waals surface area contributed by atoms with Crippen LogP contribution in [0.5, 0.6) is 0 Å². The predicted octanol–water partition coefficient (Wildman–Crippen LogP) is 10.8. The second kappa shape index (κ2) is 9.97. The summed E-state index contributed by atoms with van der Waals surface area (Å²) in [5.41, 5.74) is 3.60. The standard InChI is InChI=1S/C39H23N3OS/c1-3-10-24(11-4-1)37-40-38(25-12-5-2-6-13-25)42-39(41-37)27-18-20-29-31-22-26(19-21-34(31)44-35(29)23-27)28-15-9-17-33-36(28)30-14-7-8-16-32(30)43-33/h1-23H/i18D,19D,20D,21D,22D,23D. The van der Waals surface area contributed by atoms with E-state index in [2.05, 4.69) is 0 Å². The minimum atomic E-state index is -0.267. The second-order valence-corrected chi connectivity index (χ2v) is 11.3. The van der Waals surface area contributed by atoms with Crippen LogP contribution in [0.3, 0.4) is 0 Å². The molecule has 0 bridgehead atoms. The minimum absolute atomic E-state index is 0.0389. The van der Waals surface area contributed by atoms with Crippen LogP contribution in [0.25, 0.3) is 87.4 Å². The van der Waals surface area contributed by atoms with E-state index in [0.717, 1.165) is 33.2 Å². The molecule has 0 saturated heterocycles. The molecule has 0 saturated carbocycles. The summed E-state index contributed by atoms with van der Waals surface area (Å²) in [6.45, 7) is 0. The number of aromatic nitrogens is 3. The number of hydrogen-bond donors (Lipinski definition) is 0. The Morgan fingerprint density at radius 1 is 0.477 bits per heavy atom. The quantitative estimate of drug-likeness (QED) is 0.205. The van der Waals surface area contributed by atoms with Gasteiger partial charge in [0.2, 0.25) is 0 Å². The highest BCUT2D eigenvalue weighted by Crippen LogP contribution is 2.41. The molecule has 0 amide bonds. The maximum Gasteiger partial charge on any atom is 0.164 e. The van der Waals surface area contributed by atoms with Crippen molar-refractivity contribution in [1.29, 1.82) is 0 Å². The van der Waals surface area contributed by atoms with Crippen LogP contribution in [0, 0.1) is 0 Å². The minimum Gasteiger partial charge on any atom is -0.456 e. The van der Waals surface area contributed by atoms with Gasteiger partial charge >= 0.3 is 0 Å². The number of benzene rings is 6. The van der Waals surface area contributed by atoms with E-state index < -0.39 is 0 Å². The van der Waals surface area contributed by atoms with Gasteiger partial charge in [-0.25, -0.2) is 15.0 Å². The van der Waals surface area contributed by atoms with Crippen LogP contribution < -0.4 is 0 Å². The molecule has 6 aromatic carbocycles. The zero-order chi connectivity index (χ0) is 34.3. The Morgan fingerprint density at radius 3 is 1.86 bits per heavy atom. The highest BCUT2D eigenvalue weighted by atomic mass is 32.1. The lowest BCUT2D eigenvalue weighted by molar-refractivity contribution is 0.669. The van der Waals surface area contributed by atoms with Crippen molar-refractivity contribution in [2.24, 2.45) is 0 Å². The molecule has 3 aromatic heterocycles. The third-order valence-corrected chi connectivity index (χ3v) is 8.63. The van der Waals surface area contributed by atoms with Crippen LogP contribution in [-0.2, 0) is 0 Å². The van der Waals surface area contributed by atoms with E-state index in [1.807, 2.05) is 97.1 Å². The maximum absolute atomic E-state index is 9.49. The molecule has 0 atom stereocenters. The molecule has 206 valence electrons. The van der Waals surface area contributed by atoms with Gasteiger partial charge in [-0.2, -0.15) is 0 Å². The molecule has 0 aliphatic heterocycles. The summed E-state index contributed by atoms with van der Waals surface area (Å²) in [6, 6.07) is 30.9. The summed E-state index contributed by atoms with van der Waals surface area (Å²) >= 11 is 1.08. The Hall–Kier alpha value is -5.65. The van der Waals surface area contributed by atoms with E-state index in [9.17, 15) is 5.48 Å². The Kier molecular flexibility index (Phi) is 4.42. The van der Waals surface area contributed by atoms with Gasteiger partial charge in [0.15, 0.2) is 17.5 Å². The Labute approximate surface area is 265 Å². The lowest BCUT2D eigenvalue weighted by atomic mass is 9.98. The van der Waals surface area contributed by atoms with E-state index in [-0.39, 0.29) is 64.0 Å². The summed E-state index contributed by atoms with van der Waals surface area (Å²) in [5, 5.41) is 2.06. The average Bonchev–Trinajstić information content (AvgIpc) is 3.75. The molecule has 0 aliphatic carbocycles. The fraction of sp³-hybridized carbons (Fsp3) is 0. The van der Waals surface area contributed by atoms with Crippen molar-refractivity contribution in [2.45, 2.75) is 0 Å².